The number of ether oxygens (including phenoxy) is 1. The van der Waals surface area contributed by atoms with Crippen LogP contribution in [0, 0.1) is 0 Å². The molecule has 1 fully saturated rings. The highest BCUT2D eigenvalue weighted by atomic mass is 35.5. The molecule has 0 saturated carbocycles. The molecule has 0 radical (unpaired) electrons. The number of halogens is 1. The van der Waals surface area contributed by atoms with Gasteiger partial charge >= 0.3 is 0 Å². The molecular formula is C17H18ClNO3S. The average molecular weight is 352 g/mol. The van der Waals surface area contributed by atoms with Crippen molar-refractivity contribution in [1.82, 2.24) is 0 Å². The Balaban J connectivity index is 1.76. The maximum Gasteiger partial charge on any atom is 0.177 e. The topological polar surface area (TPSA) is 46.6 Å². The van der Waals surface area contributed by atoms with E-state index >= 15 is 0 Å². The Morgan fingerprint density at radius 2 is 1.96 bits per heavy atom. The quantitative estimate of drug-likeness (QED) is 0.847. The molecule has 0 amide bonds. The molecule has 3 rings (SSSR count). The lowest BCUT2D eigenvalue weighted by Gasteiger charge is -2.21. The predicted molar refractivity (Wildman–Crippen MR) is 92.2 cm³/mol. The van der Waals surface area contributed by atoms with E-state index in [0.717, 1.165) is 24.4 Å². The Morgan fingerprint density at radius 1 is 1.17 bits per heavy atom. The van der Waals surface area contributed by atoms with Gasteiger partial charge in [0.1, 0.15) is 11.9 Å². The van der Waals surface area contributed by atoms with Gasteiger partial charge in [0.15, 0.2) is 9.84 Å². The standard InChI is InChI=1S/C17H18ClNO3S/c1-23(20,21)17-8-3-2-7-16(17)19-10-9-15(12-19)22-14-6-4-5-13(18)11-14/h2-8,11,15H,9-10,12H2,1H3. The van der Waals surface area contributed by atoms with Crippen LogP contribution in [0.3, 0.4) is 0 Å². The van der Waals surface area contributed by atoms with Crippen LogP contribution in [-0.4, -0.2) is 33.9 Å². The molecule has 4 nitrogen and oxygen atoms in total. The molecule has 1 heterocycles. The Labute approximate surface area is 141 Å². The molecule has 0 bridgehead atoms. The summed E-state index contributed by atoms with van der Waals surface area (Å²) in [6.45, 7) is 1.41. The van der Waals surface area contributed by atoms with Gasteiger partial charge in [-0.2, -0.15) is 0 Å². The van der Waals surface area contributed by atoms with E-state index in [4.69, 9.17) is 16.3 Å². The summed E-state index contributed by atoms with van der Waals surface area (Å²) in [5.41, 5.74) is 0.743. The fraction of sp³-hybridized carbons (Fsp3) is 0.294. The molecule has 0 aliphatic carbocycles. The molecule has 23 heavy (non-hydrogen) atoms. The highest BCUT2D eigenvalue weighted by molar-refractivity contribution is 7.90. The van der Waals surface area contributed by atoms with Crippen LogP contribution < -0.4 is 9.64 Å². The van der Waals surface area contributed by atoms with Crippen molar-refractivity contribution in [3.8, 4) is 5.75 Å². The van der Waals surface area contributed by atoms with Crippen molar-refractivity contribution in [2.24, 2.45) is 0 Å². The van der Waals surface area contributed by atoms with E-state index in [2.05, 4.69) is 4.90 Å². The van der Waals surface area contributed by atoms with Crippen LogP contribution in [0.2, 0.25) is 5.02 Å². The highest BCUT2D eigenvalue weighted by Gasteiger charge is 2.27. The van der Waals surface area contributed by atoms with E-state index < -0.39 is 9.84 Å². The van der Waals surface area contributed by atoms with Crippen molar-refractivity contribution >= 4 is 27.1 Å². The molecule has 0 N–H and O–H groups in total. The first-order valence-corrected chi connectivity index (χ1v) is 9.67. The van der Waals surface area contributed by atoms with Crippen LogP contribution in [0.25, 0.3) is 0 Å². The monoisotopic (exact) mass is 351 g/mol. The van der Waals surface area contributed by atoms with E-state index in [0.29, 0.717) is 16.5 Å². The first-order valence-electron chi connectivity index (χ1n) is 7.40. The van der Waals surface area contributed by atoms with Crippen LogP contribution in [0.5, 0.6) is 5.75 Å². The molecule has 1 saturated heterocycles. The molecule has 0 aromatic heterocycles. The zero-order valence-electron chi connectivity index (χ0n) is 12.8. The van der Waals surface area contributed by atoms with Gasteiger partial charge in [0.25, 0.3) is 0 Å². The number of sulfone groups is 1. The predicted octanol–water partition coefficient (Wildman–Crippen LogP) is 3.40. The molecule has 1 aliphatic rings. The van der Waals surface area contributed by atoms with Gasteiger partial charge < -0.3 is 9.64 Å². The minimum Gasteiger partial charge on any atom is -0.488 e. The fourth-order valence-corrected chi connectivity index (χ4v) is 3.89. The summed E-state index contributed by atoms with van der Waals surface area (Å²) in [7, 11) is -3.25. The summed E-state index contributed by atoms with van der Waals surface area (Å²) in [6, 6.07) is 14.4. The summed E-state index contributed by atoms with van der Waals surface area (Å²) < 4.78 is 29.9. The molecule has 2 aromatic carbocycles. The van der Waals surface area contributed by atoms with E-state index in [1.807, 2.05) is 24.3 Å². The molecule has 1 aliphatic heterocycles. The molecule has 1 atom stereocenters. The van der Waals surface area contributed by atoms with Gasteiger partial charge in [-0.05, 0) is 30.3 Å². The van der Waals surface area contributed by atoms with Gasteiger partial charge in [-0.1, -0.05) is 29.8 Å². The lowest BCUT2D eigenvalue weighted by Crippen LogP contribution is -2.25. The third-order valence-electron chi connectivity index (χ3n) is 3.85. The molecule has 0 spiro atoms. The second-order valence-corrected chi connectivity index (χ2v) is 8.09. The third kappa shape index (κ3) is 3.79. The first-order chi connectivity index (χ1) is 10.9. The van der Waals surface area contributed by atoms with E-state index in [1.54, 1.807) is 24.3 Å². The lowest BCUT2D eigenvalue weighted by molar-refractivity contribution is 0.225. The molecule has 2 aromatic rings. The number of anilines is 1. The SMILES string of the molecule is CS(=O)(=O)c1ccccc1N1CCC(Oc2cccc(Cl)c2)C1. The second-order valence-electron chi connectivity index (χ2n) is 5.67. The number of nitrogens with zero attached hydrogens (tertiary/aromatic N) is 1. The molecule has 1 unspecified atom stereocenters. The maximum absolute atomic E-state index is 11.9. The normalized spacial score (nSPS) is 18.2. The molecule has 122 valence electrons. The summed E-state index contributed by atoms with van der Waals surface area (Å²) in [6.07, 6.45) is 2.09. The van der Waals surface area contributed by atoms with Crippen molar-refractivity contribution in [2.75, 3.05) is 24.2 Å². The van der Waals surface area contributed by atoms with Gasteiger partial charge in [-0.25, -0.2) is 8.42 Å². The Bertz CT molecular complexity index is 807. The first kappa shape index (κ1) is 16.1. The van der Waals surface area contributed by atoms with Gasteiger partial charge in [-0.15, -0.1) is 0 Å². The average Bonchev–Trinajstić information content (AvgIpc) is 2.95. The van der Waals surface area contributed by atoms with Crippen molar-refractivity contribution in [2.45, 2.75) is 17.4 Å². The minimum atomic E-state index is -3.25. The smallest absolute Gasteiger partial charge is 0.177 e. The van der Waals surface area contributed by atoms with E-state index in [1.165, 1.54) is 6.26 Å². The van der Waals surface area contributed by atoms with Gasteiger partial charge in [0, 0.05) is 24.2 Å². The summed E-state index contributed by atoms with van der Waals surface area (Å²) >= 11 is 5.97. The zero-order chi connectivity index (χ0) is 16.4. The van der Waals surface area contributed by atoms with Crippen molar-refractivity contribution < 1.29 is 13.2 Å². The Morgan fingerprint density at radius 3 is 2.70 bits per heavy atom. The largest absolute Gasteiger partial charge is 0.488 e. The number of para-hydroxylation sites is 1. The van der Waals surface area contributed by atoms with Crippen LogP contribution >= 0.6 is 11.6 Å². The van der Waals surface area contributed by atoms with Crippen LogP contribution in [0.1, 0.15) is 6.42 Å². The van der Waals surface area contributed by atoms with E-state index in [-0.39, 0.29) is 6.10 Å². The third-order valence-corrected chi connectivity index (χ3v) is 5.23. The van der Waals surface area contributed by atoms with Crippen LogP contribution in [0.15, 0.2) is 53.4 Å². The molecular weight excluding hydrogens is 334 g/mol. The second kappa shape index (κ2) is 6.42. The van der Waals surface area contributed by atoms with Crippen molar-refractivity contribution in [3.63, 3.8) is 0 Å². The van der Waals surface area contributed by atoms with Crippen molar-refractivity contribution in [1.29, 1.82) is 0 Å². The zero-order valence-corrected chi connectivity index (χ0v) is 14.3. The number of benzene rings is 2. The molecule has 6 heteroatoms. The lowest BCUT2D eigenvalue weighted by atomic mass is 10.3. The number of hydrogen-bond donors (Lipinski definition) is 0. The van der Waals surface area contributed by atoms with Gasteiger partial charge in [0.05, 0.1) is 17.1 Å². The fourth-order valence-electron chi connectivity index (χ4n) is 2.81. The summed E-state index contributed by atoms with van der Waals surface area (Å²) in [5, 5.41) is 0.639. The number of hydrogen-bond acceptors (Lipinski definition) is 4. The minimum absolute atomic E-state index is 0.0149. The van der Waals surface area contributed by atoms with Crippen LogP contribution in [0.4, 0.5) is 5.69 Å². The Hall–Kier alpha value is -1.72. The van der Waals surface area contributed by atoms with Gasteiger partial charge in [-0.3, -0.25) is 0 Å². The highest BCUT2D eigenvalue weighted by Crippen LogP contribution is 2.29. The number of rotatable bonds is 4. The maximum atomic E-state index is 11.9. The van der Waals surface area contributed by atoms with Gasteiger partial charge in [0.2, 0.25) is 0 Å². The summed E-state index contributed by atoms with van der Waals surface area (Å²) in [5.74, 6) is 0.737. The summed E-state index contributed by atoms with van der Waals surface area (Å²) in [4.78, 5) is 2.43. The van der Waals surface area contributed by atoms with Crippen LogP contribution in [-0.2, 0) is 9.84 Å². The van der Waals surface area contributed by atoms with Crippen molar-refractivity contribution in [3.05, 3.63) is 53.6 Å². The van der Waals surface area contributed by atoms with E-state index in [9.17, 15) is 8.42 Å². The Kier molecular flexibility index (Phi) is 4.50.